The molecule has 1 unspecified atom stereocenters. The topological polar surface area (TPSA) is 78.4 Å². The number of hydrogen-bond donors (Lipinski definition) is 3. The minimum atomic E-state index is -0.230. The second-order valence-corrected chi connectivity index (χ2v) is 4.64. The SMILES string of the molecule is CCCC(=O)Nc1ccc(C(=O)NC(CC)CO)cc1. The molecule has 0 aromatic heterocycles. The average molecular weight is 278 g/mol. The van der Waals surface area contributed by atoms with Gasteiger partial charge in [0.2, 0.25) is 5.91 Å². The molecule has 1 aromatic carbocycles. The normalized spacial score (nSPS) is 11.8. The number of carbonyl (C=O) groups excluding carboxylic acids is 2. The molecule has 20 heavy (non-hydrogen) atoms. The van der Waals surface area contributed by atoms with Crippen LogP contribution in [0.2, 0.25) is 0 Å². The second-order valence-electron chi connectivity index (χ2n) is 4.64. The van der Waals surface area contributed by atoms with Crippen molar-refractivity contribution >= 4 is 17.5 Å². The zero-order valence-electron chi connectivity index (χ0n) is 12.0. The van der Waals surface area contributed by atoms with E-state index in [-0.39, 0.29) is 24.5 Å². The van der Waals surface area contributed by atoms with Gasteiger partial charge >= 0.3 is 0 Å². The molecule has 0 spiro atoms. The summed E-state index contributed by atoms with van der Waals surface area (Å²) in [6.45, 7) is 3.76. The van der Waals surface area contributed by atoms with E-state index in [4.69, 9.17) is 5.11 Å². The van der Waals surface area contributed by atoms with Crippen LogP contribution in [0.1, 0.15) is 43.5 Å². The highest BCUT2D eigenvalue weighted by Crippen LogP contribution is 2.10. The smallest absolute Gasteiger partial charge is 0.251 e. The van der Waals surface area contributed by atoms with Crippen molar-refractivity contribution in [3.8, 4) is 0 Å². The maximum absolute atomic E-state index is 11.9. The first kappa shape index (κ1) is 16.2. The van der Waals surface area contributed by atoms with Gasteiger partial charge < -0.3 is 15.7 Å². The van der Waals surface area contributed by atoms with Gasteiger partial charge in [-0.3, -0.25) is 9.59 Å². The molecule has 0 fully saturated rings. The molecule has 1 atom stereocenters. The fourth-order valence-electron chi connectivity index (χ4n) is 1.70. The summed E-state index contributed by atoms with van der Waals surface area (Å²) in [4.78, 5) is 23.3. The maximum Gasteiger partial charge on any atom is 0.251 e. The number of nitrogens with one attached hydrogen (secondary N) is 2. The first-order valence-electron chi connectivity index (χ1n) is 6.92. The number of hydrogen-bond acceptors (Lipinski definition) is 3. The lowest BCUT2D eigenvalue weighted by atomic mass is 10.1. The summed E-state index contributed by atoms with van der Waals surface area (Å²) in [6, 6.07) is 6.47. The predicted octanol–water partition coefficient (Wildman–Crippen LogP) is 1.93. The largest absolute Gasteiger partial charge is 0.394 e. The molecule has 0 radical (unpaired) electrons. The molecule has 0 saturated heterocycles. The van der Waals surface area contributed by atoms with Gasteiger partial charge in [-0.2, -0.15) is 0 Å². The van der Waals surface area contributed by atoms with Crippen LogP contribution in [0.5, 0.6) is 0 Å². The lowest BCUT2D eigenvalue weighted by molar-refractivity contribution is -0.116. The fraction of sp³-hybridized carbons (Fsp3) is 0.467. The predicted molar refractivity (Wildman–Crippen MR) is 78.6 cm³/mol. The van der Waals surface area contributed by atoms with Gasteiger partial charge in [-0.15, -0.1) is 0 Å². The summed E-state index contributed by atoms with van der Waals surface area (Å²) in [7, 11) is 0. The monoisotopic (exact) mass is 278 g/mol. The molecule has 5 heteroatoms. The Morgan fingerprint density at radius 2 is 1.85 bits per heavy atom. The zero-order valence-corrected chi connectivity index (χ0v) is 12.0. The van der Waals surface area contributed by atoms with E-state index in [2.05, 4.69) is 10.6 Å². The Hall–Kier alpha value is -1.88. The second kappa shape index (κ2) is 8.32. The molecule has 0 aliphatic rings. The Labute approximate surface area is 119 Å². The Bertz CT molecular complexity index is 439. The van der Waals surface area contributed by atoms with Gasteiger partial charge in [0.1, 0.15) is 0 Å². The fourth-order valence-corrected chi connectivity index (χ4v) is 1.70. The van der Waals surface area contributed by atoms with Crippen molar-refractivity contribution in [2.45, 2.75) is 39.2 Å². The lowest BCUT2D eigenvalue weighted by Crippen LogP contribution is -2.36. The maximum atomic E-state index is 11.9. The number of rotatable bonds is 7. The number of aliphatic hydroxyl groups excluding tert-OH is 1. The van der Waals surface area contributed by atoms with Crippen LogP contribution in [0.25, 0.3) is 0 Å². The first-order valence-corrected chi connectivity index (χ1v) is 6.92. The minimum Gasteiger partial charge on any atom is -0.394 e. The van der Waals surface area contributed by atoms with Gasteiger partial charge in [0.15, 0.2) is 0 Å². The van der Waals surface area contributed by atoms with Crippen LogP contribution in [-0.2, 0) is 4.79 Å². The minimum absolute atomic E-state index is 0.0315. The van der Waals surface area contributed by atoms with Crippen LogP contribution in [0.15, 0.2) is 24.3 Å². The third kappa shape index (κ3) is 5.01. The van der Waals surface area contributed by atoms with Gasteiger partial charge in [-0.25, -0.2) is 0 Å². The number of carbonyl (C=O) groups is 2. The molecule has 110 valence electrons. The molecule has 0 aliphatic carbocycles. The Kier molecular flexibility index (Phi) is 6.73. The van der Waals surface area contributed by atoms with E-state index in [1.54, 1.807) is 24.3 Å². The van der Waals surface area contributed by atoms with Crippen LogP contribution < -0.4 is 10.6 Å². The van der Waals surface area contributed by atoms with Crippen molar-refractivity contribution in [1.29, 1.82) is 0 Å². The summed E-state index contributed by atoms with van der Waals surface area (Å²) in [5.74, 6) is -0.256. The average Bonchev–Trinajstić information content (AvgIpc) is 2.45. The van der Waals surface area contributed by atoms with Crippen molar-refractivity contribution < 1.29 is 14.7 Å². The van der Waals surface area contributed by atoms with Crippen molar-refractivity contribution in [2.24, 2.45) is 0 Å². The molecule has 0 aliphatic heterocycles. The van der Waals surface area contributed by atoms with Crippen molar-refractivity contribution in [3.63, 3.8) is 0 Å². The molecular formula is C15H22N2O3. The molecule has 0 heterocycles. The third-order valence-corrected chi connectivity index (χ3v) is 2.96. The molecule has 0 saturated carbocycles. The zero-order chi connectivity index (χ0) is 15.0. The summed E-state index contributed by atoms with van der Waals surface area (Å²) >= 11 is 0. The summed E-state index contributed by atoms with van der Waals surface area (Å²) in [6.07, 6.45) is 1.95. The van der Waals surface area contributed by atoms with Gasteiger partial charge in [0.25, 0.3) is 5.91 Å². The van der Waals surface area contributed by atoms with Crippen LogP contribution in [0.4, 0.5) is 5.69 Å². The standard InChI is InChI=1S/C15H22N2O3/c1-3-5-14(19)16-13-8-6-11(7-9-13)15(20)17-12(4-2)10-18/h6-9,12,18H,3-5,10H2,1-2H3,(H,16,19)(H,17,20). The van der Waals surface area contributed by atoms with Gasteiger partial charge in [0.05, 0.1) is 12.6 Å². The lowest BCUT2D eigenvalue weighted by Gasteiger charge is -2.14. The van der Waals surface area contributed by atoms with E-state index in [1.165, 1.54) is 0 Å². The summed E-state index contributed by atoms with van der Waals surface area (Å²) in [5, 5.41) is 14.6. The highest BCUT2D eigenvalue weighted by molar-refractivity contribution is 5.95. The number of amides is 2. The van der Waals surface area contributed by atoms with E-state index in [1.807, 2.05) is 13.8 Å². The molecule has 5 nitrogen and oxygen atoms in total. The first-order chi connectivity index (χ1) is 9.60. The quantitative estimate of drug-likeness (QED) is 0.713. The molecule has 1 aromatic rings. The van der Waals surface area contributed by atoms with Gasteiger partial charge in [-0.1, -0.05) is 13.8 Å². The molecule has 2 amide bonds. The summed E-state index contributed by atoms with van der Waals surface area (Å²) in [5.41, 5.74) is 1.18. The van der Waals surface area contributed by atoms with Crippen molar-refractivity contribution in [3.05, 3.63) is 29.8 Å². The Morgan fingerprint density at radius 3 is 2.35 bits per heavy atom. The van der Waals surface area contributed by atoms with Gasteiger partial charge in [0, 0.05) is 17.7 Å². The van der Waals surface area contributed by atoms with E-state index < -0.39 is 0 Å². The van der Waals surface area contributed by atoms with Crippen LogP contribution in [-0.4, -0.2) is 29.6 Å². The molecular weight excluding hydrogens is 256 g/mol. The Balaban J connectivity index is 2.61. The van der Waals surface area contributed by atoms with E-state index >= 15 is 0 Å². The number of aliphatic hydroxyl groups is 1. The highest BCUT2D eigenvalue weighted by atomic mass is 16.3. The van der Waals surface area contributed by atoms with Crippen LogP contribution in [0.3, 0.4) is 0 Å². The van der Waals surface area contributed by atoms with Gasteiger partial charge in [-0.05, 0) is 37.1 Å². The van der Waals surface area contributed by atoms with Crippen molar-refractivity contribution in [2.75, 3.05) is 11.9 Å². The number of benzene rings is 1. The van der Waals surface area contributed by atoms with E-state index in [0.29, 0.717) is 24.1 Å². The molecule has 0 bridgehead atoms. The van der Waals surface area contributed by atoms with E-state index in [9.17, 15) is 9.59 Å². The van der Waals surface area contributed by atoms with Crippen LogP contribution in [0, 0.1) is 0 Å². The molecule has 1 rings (SSSR count). The highest BCUT2D eigenvalue weighted by Gasteiger charge is 2.11. The van der Waals surface area contributed by atoms with Crippen LogP contribution >= 0.6 is 0 Å². The van der Waals surface area contributed by atoms with Crippen molar-refractivity contribution in [1.82, 2.24) is 5.32 Å². The Morgan fingerprint density at radius 1 is 1.20 bits per heavy atom. The molecule has 3 N–H and O–H groups in total. The number of anilines is 1. The summed E-state index contributed by atoms with van der Waals surface area (Å²) < 4.78 is 0. The van der Waals surface area contributed by atoms with E-state index in [0.717, 1.165) is 6.42 Å². The third-order valence-electron chi connectivity index (χ3n) is 2.96.